The Bertz CT molecular complexity index is 211. The summed E-state index contributed by atoms with van der Waals surface area (Å²) in [5.41, 5.74) is 0. The summed E-state index contributed by atoms with van der Waals surface area (Å²) in [6.45, 7) is 6.21. The Labute approximate surface area is 79.5 Å². The van der Waals surface area contributed by atoms with Crippen molar-refractivity contribution in [1.82, 2.24) is 10.2 Å². The molecule has 1 saturated carbocycles. The van der Waals surface area contributed by atoms with Crippen LogP contribution in [0.3, 0.4) is 0 Å². The molecule has 74 valence electrons. The molecule has 3 heteroatoms. The van der Waals surface area contributed by atoms with E-state index in [0.29, 0.717) is 12.0 Å². The van der Waals surface area contributed by atoms with Crippen LogP contribution >= 0.6 is 0 Å². The Hall–Kier alpha value is -0.730. The second kappa shape index (κ2) is 3.20. The van der Waals surface area contributed by atoms with Crippen molar-refractivity contribution in [3.05, 3.63) is 0 Å². The zero-order chi connectivity index (χ0) is 9.42. The smallest absolute Gasteiger partial charge is 0.317 e. The van der Waals surface area contributed by atoms with Gasteiger partial charge in [0.05, 0.1) is 6.04 Å². The second-order valence-electron chi connectivity index (χ2n) is 4.65. The maximum Gasteiger partial charge on any atom is 0.317 e. The average Bonchev–Trinajstić information content (AvgIpc) is 2.78. The molecule has 1 unspecified atom stereocenters. The number of hydrogen-bond acceptors (Lipinski definition) is 1. The van der Waals surface area contributed by atoms with Crippen LogP contribution in [-0.2, 0) is 0 Å². The van der Waals surface area contributed by atoms with Crippen LogP contribution in [0.2, 0.25) is 0 Å². The van der Waals surface area contributed by atoms with E-state index >= 15 is 0 Å². The Morgan fingerprint density at radius 3 is 2.69 bits per heavy atom. The van der Waals surface area contributed by atoms with Crippen LogP contribution in [0.5, 0.6) is 0 Å². The number of nitrogens with one attached hydrogen (secondary N) is 1. The van der Waals surface area contributed by atoms with Crippen molar-refractivity contribution in [2.24, 2.45) is 11.8 Å². The molecule has 0 spiro atoms. The maximum atomic E-state index is 11.5. The molecular weight excluding hydrogens is 164 g/mol. The van der Waals surface area contributed by atoms with Gasteiger partial charge in [0.1, 0.15) is 0 Å². The molecular formula is C10H18N2O. The number of rotatable bonds is 3. The number of amides is 2. The molecule has 2 rings (SSSR count). The number of hydrogen-bond donors (Lipinski definition) is 1. The topological polar surface area (TPSA) is 32.3 Å². The van der Waals surface area contributed by atoms with E-state index in [0.717, 1.165) is 19.0 Å². The molecule has 1 atom stereocenters. The Balaban J connectivity index is 1.87. The van der Waals surface area contributed by atoms with E-state index in [2.05, 4.69) is 19.2 Å². The van der Waals surface area contributed by atoms with Crippen molar-refractivity contribution in [2.75, 3.05) is 13.1 Å². The predicted octanol–water partition coefficient (Wildman–Crippen LogP) is 1.45. The normalized spacial score (nSPS) is 28.4. The third kappa shape index (κ3) is 1.95. The Morgan fingerprint density at radius 2 is 2.23 bits per heavy atom. The van der Waals surface area contributed by atoms with Crippen LogP contribution < -0.4 is 5.32 Å². The first-order valence-corrected chi connectivity index (χ1v) is 5.22. The fraction of sp³-hybridized carbons (Fsp3) is 0.900. The molecule has 0 bridgehead atoms. The first-order chi connectivity index (χ1) is 6.16. The van der Waals surface area contributed by atoms with Gasteiger partial charge in [-0.25, -0.2) is 4.79 Å². The molecule has 1 N–H and O–H groups in total. The lowest BCUT2D eigenvalue weighted by Crippen LogP contribution is -2.31. The minimum atomic E-state index is 0.144. The molecule has 13 heavy (non-hydrogen) atoms. The summed E-state index contributed by atoms with van der Waals surface area (Å²) in [4.78, 5) is 13.4. The summed E-state index contributed by atoms with van der Waals surface area (Å²) < 4.78 is 0. The minimum absolute atomic E-state index is 0.144. The van der Waals surface area contributed by atoms with Crippen molar-refractivity contribution in [2.45, 2.75) is 32.7 Å². The fourth-order valence-corrected chi connectivity index (χ4v) is 1.76. The van der Waals surface area contributed by atoms with Gasteiger partial charge in [0.25, 0.3) is 0 Å². The molecule has 3 nitrogen and oxygen atoms in total. The van der Waals surface area contributed by atoms with Crippen LogP contribution in [0.4, 0.5) is 4.79 Å². The largest absolute Gasteiger partial charge is 0.333 e. The van der Waals surface area contributed by atoms with Gasteiger partial charge in [0.15, 0.2) is 0 Å². The Kier molecular flexibility index (Phi) is 2.18. The third-order valence-corrected chi connectivity index (χ3v) is 2.99. The quantitative estimate of drug-likeness (QED) is 0.704. The van der Waals surface area contributed by atoms with Gasteiger partial charge in [-0.05, 0) is 24.7 Å². The van der Waals surface area contributed by atoms with Crippen molar-refractivity contribution in [3.8, 4) is 0 Å². The molecule has 1 aliphatic carbocycles. The molecule has 2 aliphatic rings. The highest BCUT2D eigenvalue weighted by molar-refractivity contribution is 5.76. The lowest BCUT2D eigenvalue weighted by molar-refractivity contribution is 0.215. The monoisotopic (exact) mass is 182 g/mol. The third-order valence-electron chi connectivity index (χ3n) is 2.99. The van der Waals surface area contributed by atoms with Crippen LogP contribution in [0, 0.1) is 11.8 Å². The van der Waals surface area contributed by atoms with Gasteiger partial charge in [-0.15, -0.1) is 0 Å². The van der Waals surface area contributed by atoms with Gasteiger partial charge in [-0.3, -0.25) is 0 Å². The SMILES string of the molecule is CC(C)C1CN(CC2CC2)C(=O)N1. The summed E-state index contributed by atoms with van der Waals surface area (Å²) in [5.74, 6) is 1.35. The van der Waals surface area contributed by atoms with Gasteiger partial charge in [0, 0.05) is 13.1 Å². The van der Waals surface area contributed by atoms with Gasteiger partial charge in [-0.2, -0.15) is 0 Å². The molecule has 1 saturated heterocycles. The summed E-state index contributed by atoms with van der Waals surface area (Å²) in [6, 6.07) is 0.511. The minimum Gasteiger partial charge on any atom is -0.333 e. The highest BCUT2D eigenvalue weighted by Gasteiger charge is 2.34. The van der Waals surface area contributed by atoms with E-state index in [9.17, 15) is 4.79 Å². The van der Waals surface area contributed by atoms with Crippen molar-refractivity contribution in [3.63, 3.8) is 0 Å². The molecule has 0 aromatic heterocycles. The summed E-state index contributed by atoms with van der Waals surface area (Å²) >= 11 is 0. The molecule has 0 aromatic carbocycles. The lowest BCUT2D eigenvalue weighted by atomic mass is 10.1. The maximum absolute atomic E-state index is 11.5. The van der Waals surface area contributed by atoms with E-state index in [1.54, 1.807) is 0 Å². The number of carbonyl (C=O) groups is 1. The molecule has 1 aliphatic heterocycles. The van der Waals surface area contributed by atoms with Crippen LogP contribution in [0.1, 0.15) is 26.7 Å². The second-order valence-corrected chi connectivity index (χ2v) is 4.65. The van der Waals surface area contributed by atoms with Crippen molar-refractivity contribution >= 4 is 6.03 Å². The first kappa shape index (κ1) is 8.85. The zero-order valence-electron chi connectivity index (χ0n) is 8.42. The summed E-state index contributed by atoms with van der Waals surface area (Å²) in [7, 11) is 0. The molecule has 0 radical (unpaired) electrons. The van der Waals surface area contributed by atoms with E-state index in [1.807, 2.05) is 4.90 Å². The van der Waals surface area contributed by atoms with Gasteiger partial charge < -0.3 is 10.2 Å². The van der Waals surface area contributed by atoms with Gasteiger partial charge >= 0.3 is 6.03 Å². The number of nitrogens with zero attached hydrogens (tertiary/aromatic N) is 1. The average molecular weight is 182 g/mol. The molecule has 0 aromatic rings. The number of carbonyl (C=O) groups excluding carboxylic acids is 1. The Morgan fingerprint density at radius 1 is 1.54 bits per heavy atom. The van der Waals surface area contributed by atoms with Gasteiger partial charge in [0.2, 0.25) is 0 Å². The molecule has 2 fully saturated rings. The van der Waals surface area contributed by atoms with Gasteiger partial charge in [-0.1, -0.05) is 13.8 Å². The highest BCUT2D eigenvalue weighted by Crippen LogP contribution is 2.30. The van der Waals surface area contributed by atoms with E-state index in [4.69, 9.17) is 0 Å². The number of urea groups is 1. The van der Waals surface area contributed by atoms with Crippen LogP contribution in [0.15, 0.2) is 0 Å². The lowest BCUT2D eigenvalue weighted by Gasteiger charge is -2.15. The summed E-state index contributed by atoms with van der Waals surface area (Å²) in [6.07, 6.45) is 2.63. The van der Waals surface area contributed by atoms with Crippen LogP contribution in [-0.4, -0.2) is 30.1 Å². The fourth-order valence-electron chi connectivity index (χ4n) is 1.76. The molecule has 2 amide bonds. The zero-order valence-corrected chi connectivity index (χ0v) is 8.42. The van der Waals surface area contributed by atoms with Crippen LogP contribution in [0.25, 0.3) is 0 Å². The van der Waals surface area contributed by atoms with Crippen molar-refractivity contribution < 1.29 is 4.79 Å². The highest BCUT2D eigenvalue weighted by atomic mass is 16.2. The first-order valence-electron chi connectivity index (χ1n) is 5.22. The van der Waals surface area contributed by atoms with E-state index in [-0.39, 0.29) is 6.03 Å². The van der Waals surface area contributed by atoms with E-state index < -0.39 is 0 Å². The molecule has 1 heterocycles. The summed E-state index contributed by atoms with van der Waals surface area (Å²) in [5, 5.41) is 3.02. The standard InChI is InChI=1S/C10H18N2O/c1-7(2)9-6-12(10(13)11-9)5-8-3-4-8/h7-9H,3-6H2,1-2H3,(H,11,13). The van der Waals surface area contributed by atoms with E-state index in [1.165, 1.54) is 12.8 Å². The van der Waals surface area contributed by atoms with Crippen molar-refractivity contribution in [1.29, 1.82) is 0 Å². The predicted molar refractivity (Wildman–Crippen MR) is 51.5 cm³/mol.